The lowest BCUT2D eigenvalue weighted by atomic mass is 10.1. The number of carbonyl (C=O) groups is 1. The van der Waals surface area contributed by atoms with Gasteiger partial charge in [-0.15, -0.1) is 11.3 Å². The van der Waals surface area contributed by atoms with E-state index in [9.17, 15) is 9.59 Å². The number of hydrogen-bond acceptors (Lipinski definition) is 6. The van der Waals surface area contributed by atoms with Crippen LogP contribution in [-0.4, -0.2) is 57.8 Å². The minimum atomic E-state index is -0.0440. The molecule has 2 aliphatic heterocycles. The van der Waals surface area contributed by atoms with E-state index < -0.39 is 0 Å². The highest BCUT2D eigenvalue weighted by Crippen LogP contribution is 2.28. The van der Waals surface area contributed by atoms with E-state index >= 15 is 0 Å². The Morgan fingerprint density at radius 2 is 1.74 bits per heavy atom. The summed E-state index contributed by atoms with van der Waals surface area (Å²) in [5.41, 5.74) is 5.43. The molecule has 0 radical (unpaired) electrons. The predicted octanol–water partition coefficient (Wildman–Crippen LogP) is 3.28. The molecule has 2 aromatic heterocycles. The molecule has 2 aliphatic rings. The Hall–Kier alpha value is -3.49. The molecule has 8 heteroatoms. The van der Waals surface area contributed by atoms with Gasteiger partial charge in [0.2, 0.25) is 0 Å². The number of aromatic nitrogens is 2. The molecule has 4 heterocycles. The number of anilines is 1. The molecule has 0 N–H and O–H groups in total. The van der Waals surface area contributed by atoms with Gasteiger partial charge in [0.25, 0.3) is 11.5 Å². The van der Waals surface area contributed by atoms with E-state index in [0.29, 0.717) is 19.6 Å². The first-order valence-corrected chi connectivity index (χ1v) is 12.9. The van der Waals surface area contributed by atoms with Gasteiger partial charge in [0.05, 0.1) is 5.69 Å². The number of carbonyl (C=O) groups excluding carboxylic acids is 1. The van der Waals surface area contributed by atoms with Crippen molar-refractivity contribution >= 4 is 27.9 Å². The van der Waals surface area contributed by atoms with Gasteiger partial charge in [-0.25, -0.2) is 4.98 Å². The Bertz CT molecular complexity index is 1420. The first kappa shape index (κ1) is 22.0. The number of nitrogens with zero attached hydrogens (tertiary/aromatic N) is 5. The van der Waals surface area contributed by atoms with Crippen molar-refractivity contribution in [1.29, 1.82) is 0 Å². The Morgan fingerprint density at radius 3 is 2.57 bits per heavy atom. The van der Waals surface area contributed by atoms with E-state index in [0.717, 1.165) is 48.8 Å². The van der Waals surface area contributed by atoms with Crippen LogP contribution in [-0.2, 0) is 19.5 Å². The summed E-state index contributed by atoms with van der Waals surface area (Å²) < 4.78 is 1.57. The van der Waals surface area contributed by atoms with Crippen LogP contribution in [0.3, 0.4) is 0 Å². The zero-order valence-corrected chi connectivity index (χ0v) is 20.3. The van der Waals surface area contributed by atoms with Crippen molar-refractivity contribution in [1.82, 2.24) is 19.2 Å². The average Bonchev–Trinajstić information content (AvgIpc) is 3.52. The van der Waals surface area contributed by atoms with Crippen LogP contribution < -0.4 is 10.5 Å². The molecule has 1 saturated heterocycles. The first-order valence-electron chi connectivity index (χ1n) is 12.0. The fourth-order valence-corrected chi connectivity index (χ4v) is 5.77. The van der Waals surface area contributed by atoms with Crippen molar-refractivity contribution in [3.05, 3.63) is 98.9 Å². The van der Waals surface area contributed by atoms with E-state index in [-0.39, 0.29) is 11.5 Å². The van der Waals surface area contributed by atoms with Gasteiger partial charge in [0.15, 0.2) is 4.96 Å². The smallest absolute Gasteiger partial charge is 0.258 e. The van der Waals surface area contributed by atoms with Crippen molar-refractivity contribution in [3.8, 4) is 0 Å². The molecule has 4 aromatic rings. The molecule has 6 rings (SSSR count). The number of benzene rings is 2. The summed E-state index contributed by atoms with van der Waals surface area (Å²) in [4.78, 5) is 37.2. The topological polar surface area (TPSA) is 61.2 Å². The summed E-state index contributed by atoms with van der Waals surface area (Å²) in [6.07, 6.45) is 2.84. The fourth-order valence-electron chi connectivity index (χ4n) is 5.03. The molecular weight excluding hydrogens is 458 g/mol. The lowest BCUT2D eigenvalue weighted by molar-refractivity contribution is 0.0627. The molecule has 0 aliphatic carbocycles. The zero-order valence-electron chi connectivity index (χ0n) is 19.5. The second kappa shape index (κ2) is 9.28. The molecule has 2 aromatic carbocycles. The quantitative estimate of drug-likeness (QED) is 0.434. The Labute approximate surface area is 207 Å². The third-order valence-corrected chi connectivity index (χ3v) is 7.72. The molecule has 0 bridgehead atoms. The lowest BCUT2D eigenvalue weighted by Crippen LogP contribution is -2.48. The minimum Gasteiger partial charge on any atom is -0.367 e. The summed E-state index contributed by atoms with van der Waals surface area (Å²) in [6, 6.07) is 18.3. The van der Waals surface area contributed by atoms with Crippen molar-refractivity contribution < 1.29 is 4.79 Å². The molecule has 35 heavy (non-hydrogen) atoms. The molecule has 7 nitrogen and oxygen atoms in total. The van der Waals surface area contributed by atoms with Gasteiger partial charge in [-0.2, -0.15) is 0 Å². The second-order valence-corrected chi connectivity index (χ2v) is 10.1. The van der Waals surface area contributed by atoms with Crippen molar-refractivity contribution in [2.45, 2.75) is 19.5 Å². The van der Waals surface area contributed by atoms with Crippen LogP contribution in [0.4, 0.5) is 5.69 Å². The van der Waals surface area contributed by atoms with Crippen molar-refractivity contribution in [3.63, 3.8) is 0 Å². The van der Waals surface area contributed by atoms with Crippen LogP contribution in [0.5, 0.6) is 0 Å². The van der Waals surface area contributed by atoms with Gasteiger partial charge in [-0.3, -0.25) is 18.9 Å². The maximum absolute atomic E-state index is 13.1. The number of rotatable bonds is 5. The van der Waals surface area contributed by atoms with Crippen LogP contribution >= 0.6 is 11.3 Å². The molecule has 0 atom stereocenters. The molecule has 178 valence electrons. The summed E-state index contributed by atoms with van der Waals surface area (Å²) in [5, 5.41) is 1.87. The largest absolute Gasteiger partial charge is 0.367 e. The van der Waals surface area contributed by atoms with Gasteiger partial charge < -0.3 is 9.80 Å². The van der Waals surface area contributed by atoms with Gasteiger partial charge in [0.1, 0.15) is 0 Å². The van der Waals surface area contributed by atoms with E-state index in [1.807, 2.05) is 22.4 Å². The standard InChI is InChI=1S/C27H27N5O2S/c33-25-17-23(28-27-32(25)15-16-35-27)19-29-11-13-30(14-12-29)26(34)22-7-5-20(6-8-22)18-31-10-9-21-3-1-2-4-24(21)31/h1-8,15-17H,9-14,18-19H2. The van der Waals surface area contributed by atoms with Crippen LogP contribution in [0.25, 0.3) is 4.96 Å². The minimum absolute atomic E-state index is 0.0440. The molecular formula is C27H27N5O2S. The van der Waals surface area contributed by atoms with Crippen LogP contribution in [0.15, 0.2) is 71.0 Å². The average molecular weight is 486 g/mol. The van der Waals surface area contributed by atoms with E-state index in [2.05, 4.69) is 51.2 Å². The highest BCUT2D eigenvalue weighted by Gasteiger charge is 2.23. The van der Waals surface area contributed by atoms with Gasteiger partial charge >= 0.3 is 0 Å². The molecule has 1 amide bonds. The third kappa shape index (κ3) is 4.47. The van der Waals surface area contributed by atoms with Crippen LogP contribution in [0.2, 0.25) is 0 Å². The number of fused-ring (bicyclic) bond motifs is 2. The normalized spacial score (nSPS) is 16.1. The number of amides is 1. The third-order valence-electron chi connectivity index (χ3n) is 6.96. The van der Waals surface area contributed by atoms with E-state index in [1.54, 1.807) is 16.7 Å². The van der Waals surface area contributed by atoms with Gasteiger partial charge in [-0.1, -0.05) is 30.3 Å². The van der Waals surface area contributed by atoms with Crippen LogP contribution in [0.1, 0.15) is 27.2 Å². The van der Waals surface area contributed by atoms with E-state index in [1.165, 1.54) is 28.2 Å². The first-order chi connectivity index (χ1) is 17.1. The number of hydrogen-bond donors (Lipinski definition) is 0. The lowest BCUT2D eigenvalue weighted by Gasteiger charge is -2.34. The molecule has 1 fully saturated rings. The monoisotopic (exact) mass is 485 g/mol. The molecule has 0 unspecified atom stereocenters. The van der Waals surface area contributed by atoms with E-state index in [4.69, 9.17) is 0 Å². The SMILES string of the molecule is O=C(c1ccc(CN2CCc3ccccc32)cc1)N1CCN(Cc2cc(=O)n3ccsc3n2)CC1. The maximum Gasteiger partial charge on any atom is 0.258 e. The fraction of sp³-hybridized carbons (Fsp3) is 0.296. The number of para-hydroxylation sites is 1. The maximum atomic E-state index is 13.1. The Kier molecular flexibility index (Phi) is 5.83. The number of thiazole rings is 1. The highest BCUT2D eigenvalue weighted by atomic mass is 32.1. The number of piperazine rings is 1. The zero-order chi connectivity index (χ0) is 23.8. The summed E-state index contributed by atoms with van der Waals surface area (Å²) in [6.45, 7) is 5.40. The van der Waals surface area contributed by atoms with Crippen molar-refractivity contribution in [2.24, 2.45) is 0 Å². The highest BCUT2D eigenvalue weighted by molar-refractivity contribution is 7.15. The Balaban J connectivity index is 1.04. The summed E-state index contributed by atoms with van der Waals surface area (Å²) in [5.74, 6) is 0.0825. The summed E-state index contributed by atoms with van der Waals surface area (Å²) in [7, 11) is 0. The van der Waals surface area contributed by atoms with Crippen LogP contribution in [0, 0.1) is 0 Å². The summed E-state index contributed by atoms with van der Waals surface area (Å²) >= 11 is 1.46. The van der Waals surface area contributed by atoms with Crippen molar-refractivity contribution in [2.75, 3.05) is 37.6 Å². The van der Waals surface area contributed by atoms with Gasteiger partial charge in [-0.05, 0) is 35.7 Å². The molecule has 0 spiro atoms. The van der Waals surface area contributed by atoms with Gasteiger partial charge in [0, 0.05) is 74.7 Å². The predicted molar refractivity (Wildman–Crippen MR) is 138 cm³/mol. The Morgan fingerprint density at radius 1 is 0.943 bits per heavy atom. The second-order valence-electron chi connectivity index (χ2n) is 9.21. The molecule has 0 saturated carbocycles.